The molecule has 0 aromatic rings. The molecule has 0 aromatic carbocycles. The number of ether oxygens (including phenoxy) is 1. The zero-order chi connectivity index (χ0) is 11.5. The summed E-state index contributed by atoms with van der Waals surface area (Å²) >= 11 is 0. The van der Waals surface area contributed by atoms with E-state index in [-0.39, 0.29) is 6.10 Å². The van der Waals surface area contributed by atoms with Crippen molar-refractivity contribution in [2.75, 3.05) is 19.8 Å². The first-order valence-corrected chi connectivity index (χ1v) is 6.67. The fourth-order valence-corrected chi connectivity index (χ4v) is 2.68. The second kappa shape index (κ2) is 5.48. The predicted molar refractivity (Wildman–Crippen MR) is 64.3 cm³/mol. The van der Waals surface area contributed by atoms with Gasteiger partial charge in [0.1, 0.15) is 0 Å². The average Bonchev–Trinajstić information content (AvgIpc) is 2.93. The van der Waals surface area contributed by atoms with Gasteiger partial charge in [0.25, 0.3) is 0 Å². The van der Waals surface area contributed by atoms with Crippen LogP contribution in [0.25, 0.3) is 0 Å². The maximum Gasteiger partial charge on any atom is 0.0715 e. The van der Waals surface area contributed by atoms with Crippen LogP contribution in [0.15, 0.2) is 0 Å². The minimum atomic E-state index is -0.234. The highest BCUT2D eigenvalue weighted by atomic mass is 16.5. The molecular weight excluding hydrogens is 202 g/mol. The van der Waals surface area contributed by atoms with Crippen LogP contribution < -0.4 is 5.32 Å². The monoisotopic (exact) mass is 227 g/mol. The third-order valence-electron chi connectivity index (χ3n) is 3.92. The summed E-state index contributed by atoms with van der Waals surface area (Å²) in [5, 5.41) is 13.6. The van der Waals surface area contributed by atoms with E-state index in [0.717, 1.165) is 32.1 Å². The number of hydrogen-bond acceptors (Lipinski definition) is 3. The van der Waals surface area contributed by atoms with Crippen LogP contribution in [0.4, 0.5) is 0 Å². The molecule has 2 rings (SSSR count). The van der Waals surface area contributed by atoms with E-state index in [9.17, 15) is 5.11 Å². The van der Waals surface area contributed by atoms with E-state index < -0.39 is 0 Å². The van der Waals surface area contributed by atoms with Gasteiger partial charge in [-0.1, -0.05) is 13.8 Å². The summed E-state index contributed by atoms with van der Waals surface area (Å²) in [6.45, 7) is 6.81. The lowest BCUT2D eigenvalue weighted by Crippen LogP contribution is -2.42. The zero-order valence-corrected chi connectivity index (χ0v) is 10.5. The van der Waals surface area contributed by atoms with Gasteiger partial charge >= 0.3 is 0 Å². The highest BCUT2D eigenvalue weighted by Crippen LogP contribution is 2.35. The summed E-state index contributed by atoms with van der Waals surface area (Å²) in [5.74, 6) is 1.87. The van der Waals surface area contributed by atoms with E-state index >= 15 is 0 Å². The standard InChI is InChI=1S/C13H25NO2/c1-9(2)13(10-3-4-10)14-7-12(15)11-5-6-16-8-11/h9-15H,3-8H2,1-2H3. The number of nitrogens with one attached hydrogen (secondary N) is 1. The van der Waals surface area contributed by atoms with E-state index in [4.69, 9.17) is 4.74 Å². The molecule has 1 aliphatic carbocycles. The first-order valence-electron chi connectivity index (χ1n) is 6.67. The van der Waals surface area contributed by atoms with Gasteiger partial charge in [0.05, 0.1) is 12.7 Å². The van der Waals surface area contributed by atoms with Crippen LogP contribution in [-0.2, 0) is 4.74 Å². The predicted octanol–water partition coefficient (Wildman–Crippen LogP) is 1.41. The Balaban J connectivity index is 1.71. The van der Waals surface area contributed by atoms with Crippen LogP contribution in [0, 0.1) is 17.8 Å². The molecule has 1 saturated carbocycles. The molecule has 0 bridgehead atoms. The third kappa shape index (κ3) is 3.19. The lowest BCUT2D eigenvalue weighted by molar-refractivity contribution is 0.0857. The first kappa shape index (κ1) is 12.3. The van der Waals surface area contributed by atoms with Crippen molar-refractivity contribution < 1.29 is 9.84 Å². The third-order valence-corrected chi connectivity index (χ3v) is 3.92. The van der Waals surface area contributed by atoms with Gasteiger partial charge in [-0.25, -0.2) is 0 Å². The van der Waals surface area contributed by atoms with Crippen LogP contribution >= 0.6 is 0 Å². The molecule has 3 nitrogen and oxygen atoms in total. The molecule has 1 aliphatic heterocycles. The van der Waals surface area contributed by atoms with E-state index in [0.29, 0.717) is 17.9 Å². The Morgan fingerprint density at radius 2 is 2.00 bits per heavy atom. The second-order valence-corrected chi connectivity index (χ2v) is 5.71. The molecule has 0 radical (unpaired) electrons. The fraction of sp³-hybridized carbons (Fsp3) is 1.00. The minimum absolute atomic E-state index is 0.234. The van der Waals surface area contributed by atoms with Crippen molar-refractivity contribution in [3.05, 3.63) is 0 Å². The van der Waals surface area contributed by atoms with Crippen molar-refractivity contribution in [3.63, 3.8) is 0 Å². The summed E-state index contributed by atoms with van der Waals surface area (Å²) in [6.07, 6.45) is 3.50. The Hall–Kier alpha value is -0.120. The molecule has 1 saturated heterocycles. The van der Waals surface area contributed by atoms with Gasteiger partial charge in [0.2, 0.25) is 0 Å². The molecule has 2 N–H and O–H groups in total. The maximum absolute atomic E-state index is 10.0. The van der Waals surface area contributed by atoms with Gasteiger partial charge in [0.15, 0.2) is 0 Å². The van der Waals surface area contributed by atoms with Crippen molar-refractivity contribution >= 4 is 0 Å². The maximum atomic E-state index is 10.0. The van der Waals surface area contributed by atoms with Crippen LogP contribution in [-0.4, -0.2) is 37.0 Å². The second-order valence-electron chi connectivity index (χ2n) is 5.71. The first-order chi connectivity index (χ1) is 7.68. The normalized spacial score (nSPS) is 29.6. The highest BCUT2D eigenvalue weighted by Gasteiger charge is 2.33. The molecule has 3 heteroatoms. The van der Waals surface area contributed by atoms with E-state index in [1.54, 1.807) is 0 Å². The Labute approximate surface area is 98.6 Å². The number of aliphatic hydroxyl groups is 1. The molecule has 1 heterocycles. The Morgan fingerprint density at radius 3 is 2.50 bits per heavy atom. The Morgan fingerprint density at radius 1 is 1.25 bits per heavy atom. The van der Waals surface area contributed by atoms with Crippen molar-refractivity contribution in [3.8, 4) is 0 Å². The Kier molecular flexibility index (Phi) is 4.22. The van der Waals surface area contributed by atoms with Gasteiger partial charge in [-0.15, -0.1) is 0 Å². The van der Waals surface area contributed by atoms with E-state index in [2.05, 4.69) is 19.2 Å². The number of hydrogen-bond donors (Lipinski definition) is 2. The summed E-state index contributed by atoms with van der Waals surface area (Å²) in [5.41, 5.74) is 0. The summed E-state index contributed by atoms with van der Waals surface area (Å²) in [6, 6.07) is 0.594. The smallest absolute Gasteiger partial charge is 0.0715 e. The number of rotatable bonds is 6. The lowest BCUT2D eigenvalue weighted by Gasteiger charge is -2.25. The summed E-state index contributed by atoms with van der Waals surface area (Å²) < 4.78 is 5.30. The molecule has 94 valence electrons. The molecule has 16 heavy (non-hydrogen) atoms. The fourth-order valence-electron chi connectivity index (χ4n) is 2.68. The molecule has 0 aromatic heterocycles. The summed E-state index contributed by atoms with van der Waals surface area (Å²) in [7, 11) is 0. The molecule has 0 spiro atoms. The van der Waals surface area contributed by atoms with Gasteiger partial charge in [-0.2, -0.15) is 0 Å². The SMILES string of the molecule is CC(C)C(NCC(O)C1CCOC1)C1CC1. The zero-order valence-electron chi connectivity index (χ0n) is 10.5. The van der Waals surface area contributed by atoms with Crippen molar-refractivity contribution in [1.29, 1.82) is 0 Å². The molecule has 2 aliphatic rings. The quantitative estimate of drug-likeness (QED) is 0.721. The van der Waals surface area contributed by atoms with Crippen molar-refractivity contribution in [2.24, 2.45) is 17.8 Å². The topological polar surface area (TPSA) is 41.5 Å². The summed E-state index contributed by atoms with van der Waals surface area (Å²) in [4.78, 5) is 0. The lowest BCUT2D eigenvalue weighted by atomic mass is 9.97. The van der Waals surface area contributed by atoms with Crippen molar-refractivity contribution in [2.45, 2.75) is 45.3 Å². The van der Waals surface area contributed by atoms with Crippen LogP contribution in [0.5, 0.6) is 0 Å². The minimum Gasteiger partial charge on any atom is -0.391 e. The average molecular weight is 227 g/mol. The molecule has 2 fully saturated rings. The van der Waals surface area contributed by atoms with Crippen molar-refractivity contribution in [1.82, 2.24) is 5.32 Å². The van der Waals surface area contributed by atoms with E-state index in [1.165, 1.54) is 12.8 Å². The molecular formula is C13H25NO2. The van der Waals surface area contributed by atoms with E-state index in [1.807, 2.05) is 0 Å². The van der Waals surface area contributed by atoms with Crippen LogP contribution in [0.1, 0.15) is 33.1 Å². The largest absolute Gasteiger partial charge is 0.391 e. The van der Waals surface area contributed by atoms with Gasteiger partial charge < -0.3 is 15.2 Å². The van der Waals surface area contributed by atoms with Gasteiger partial charge in [0, 0.05) is 25.1 Å². The van der Waals surface area contributed by atoms with Gasteiger partial charge in [-0.05, 0) is 31.1 Å². The number of aliphatic hydroxyl groups excluding tert-OH is 1. The highest BCUT2D eigenvalue weighted by molar-refractivity contribution is 4.89. The Bertz CT molecular complexity index is 208. The molecule has 3 atom stereocenters. The molecule has 0 amide bonds. The van der Waals surface area contributed by atoms with Crippen LogP contribution in [0.2, 0.25) is 0 Å². The molecule has 3 unspecified atom stereocenters. The van der Waals surface area contributed by atoms with Gasteiger partial charge in [-0.3, -0.25) is 0 Å². The van der Waals surface area contributed by atoms with Crippen LogP contribution in [0.3, 0.4) is 0 Å².